The summed E-state index contributed by atoms with van der Waals surface area (Å²) >= 11 is 1.70. The Labute approximate surface area is 201 Å². The first-order valence-corrected chi connectivity index (χ1v) is 12.1. The molecule has 1 aliphatic rings. The molecule has 4 aromatic rings. The van der Waals surface area contributed by atoms with Gasteiger partial charge in [0, 0.05) is 44.1 Å². The molecule has 176 valence electrons. The molecule has 1 aliphatic heterocycles. The highest BCUT2D eigenvalue weighted by Crippen LogP contribution is 2.23. The molecular formula is C24H26N6O3S. The number of methoxy groups -OCH3 is 1. The van der Waals surface area contributed by atoms with E-state index >= 15 is 0 Å². The zero-order valence-corrected chi connectivity index (χ0v) is 19.8. The normalized spacial score (nSPS) is 14.0. The van der Waals surface area contributed by atoms with Crippen LogP contribution in [0.25, 0.3) is 11.3 Å². The van der Waals surface area contributed by atoms with Crippen molar-refractivity contribution in [2.24, 2.45) is 0 Å². The molecule has 1 aromatic carbocycles. The topological polar surface area (TPSA) is 98.3 Å². The molecule has 10 heteroatoms. The summed E-state index contributed by atoms with van der Waals surface area (Å²) in [5.74, 6) is 2.27. The van der Waals surface area contributed by atoms with Crippen molar-refractivity contribution in [3.63, 3.8) is 0 Å². The quantitative estimate of drug-likeness (QED) is 0.415. The van der Waals surface area contributed by atoms with Crippen LogP contribution in [0.1, 0.15) is 33.0 Å². The lowest BCUT2D eigenvalue weighted by Crippen LogP contribution is -2.27. The summed E-state index contributed by atoms with van der Waals surface area (Å²) in [5, 5.41) is 14.8. The molecule has 0 radical (unpaired) electrons. The minimum Gasteiger partial charge on any atom is -0.453 e. The number of hydrogen-bond donors (Lipinski definition) is 1. The van der Waals surface area contributed by atoms with Gasteiger partial charge < -0.3 is 19.0 Å². The van der Waals surface area contributed by atoms with E-state index in [1.165, 1.54) is 0 Å². The monoisotopic (exact) mass is 478 g/mol. The lowest BCUT2D eigenvalue weighted by atomic mass is 10.2. The third kappa shape index (κ3) is 5.09. The molecule has 0 aliphatic carbocycles. The number of nitrogens with one attached hydrogen (secondary N) is 1. The molecule has 1 amide bonds. The molecule has 0 fully saturated rings. The predicted molar refractivity (Wildman–Crippen MR) is 127 cm³/mol. The van der Waals surface area contributed by atoms with Gasteiger partial charge in [0.05, 0.1) is 18.8 Å². The summed E-state index contributed by atoms with van der Waals surface area (Å²) in [4.78, 5) is 19.7. The highest BCUT2D eigenvalue weighted by atomic mass is 32.1. The van der Waals surface area contributed by atoms with Gasteiger partial charge in [-0.3, -0.25) is 9.69 Å². The number of furan rings is 1. The number of nitrogens with zero attached hydrogens (tertiary/aromatic N) is 5. The smallest absolute Gasteiger partial charge is 0.287 e. The number of rotatable bonds is 8. The zero-order valence-electron chi connectivity index (χ0n) is 18.9. The Balaban J connectivity index is 1.17. The van der Waals surface area contributed by atoms with Crippen LogP contribution < -0.4 is 5.32 Å². The Morgan fingerprint density at radius 3 is 2.88 bits per heavy atom. The van der Waals surface area contributed by atoms with Gasteiger partial charge in [-0.05, 0) is 12.1 Å². The molecule has 9 nitrogen and oxygen atoms in total. The van der Waals surface area contributed by atoms with Crippen LogP contribution in [0.4, 0.5) is 0 Å². The molecule has 1 N–H and O–H groups in total. The van der Waals surface area contributed by atoms with Crippen LogP contribution in [0, 0.1) is 0 Å². The number of aromatic nitrogens is 4. The number of thiazole rings is 1. The van der Waals surface area contributed by atoms with Crippen LogP contribution in [0.5, 0.6) is 0 Å². The Morgan fingerprint density at radius 1 is 1.15 bits per heavy atom. The van der Waals surface area contributed by atoms with Crippen LogP contribution in [0.15, 0.2) is 52.3 Å². The molecule has 0 unspecified atom stereocenters. The van der Waals surface area contributed by atoms with Crippen molar-refractivity contribution in [1.82, 2.24) is 30.0 Å². The molecular weight excluding hydrogens is 452 g/mol. The van der Waals surface area contributed by atoms with Crippen LogP contribution in [0.2, 0.25) is 0 Å². The van der Waals surface area contributed by atoms with Gasteiger partial charge in [-0.2, -0.15) is 0 Å². The average molecular weight is 479 g/mol. The van der Waals surface area contributed by atoms with Crippen LogP contribution >= 0.6 is 11.3 Å². The summed E-state index contributed by atoms with van der Waals surface area (Å²) in [7, 11) is 1.58. The van der Waals surface area contributed by atoms with Gasteiger partial charge in [-0.15, -0.1) is 21.5 Å². The van der Waals surface area contributed by atoms with Gasteiger partial charge in [0.25, 0.3) is 5.91 Å². The standard InChI is InChI=1S/C24H26N6O3S/c1-32-15-18-7-8-20(33-18)24(31)25-13-22-28-27-21-9-10-29(11-12-30(21)22)14-23-26-19(16-34-23)17-5-3-2-4-6-17/h2-8,16H,9-15H2,1H3,(H,25,31). The van der Waals surface area contributed by atoms with Crippen LogP contribution in [0.3, 0.4) is 0 Å². The molecule has 3 aromatic heterocycles. The minimum atomic E-state index is -0.284. The summed E-state index contributed by atoms with van der Waals surface area (Å²) < 4.78 is 12.6. The fourth-order valence-electron chi connectivity index (χ4n) is 4.00. The second kappa shape index (κ2) is 10.3. The Morgan fingerprint density at radius 2 is 2.03 bits per heavy atom. The molecule has 34 heavy (non-hydrogen) atoms. The highest BCUT2D eigenvalue weighted by molar-refractivity contribution is 7.09. The summed E-state index contributed by atoms with van der Waals surface area (Å²) in [6, 6.07) is 13.6. The number of amides is 1. The first-order chi connectivity index (χ1) is 16.7. The number of fused-ring (bicyclic) bond motifs is 1. The second-order valence-electron chi connectivity index (χ2n) is 8.08. The van der Waals surface area contributed by atoms with E-state index in [1.54, 1.807) is 30.6 Å². The largest absolute Gasteiger partial charge is 0.453 e. The first kappa shape index (κ1) is 22.5. The fraction of sp³-hybridized carbons (Fsp3) is 0.333. The summed E-state index contributed by atoms with van der Waals surface area (Å²) in [6.07, 6.45) is 0.802. The van der Waals surface area contributed by atoms with Gasteiger partial charge in [0.15, 0.2) is 11.6 Å². The van der Waals surface area contributed by atoms with Crippen molar-refractivity contribution >= 4 is 17.2 Å². The first-order valence-electron chi connectivity index (χ1n) is 11.2. The SMILES string of the molecule is COCc1ccc(C(=O)NCc2nnc3n2CCN(Cc2nc(-c4ccccc4)cs2)CC3)o1. The van der Waals surface area contributed by atoms with E-state index < -0.39 is 0 Å². The van der Waals surface area contributed by atoms with E-state index in [1.807, 2.05) is 18.2 Å². The number of ether oxygens (including phenoxy) is 1. The van der Waals surface area contributed by atoms with Gasteiger partial charge >= 0.3 is 0 Å². The molecule has 4 heterocycles. The molecule has 0 atom stereocenters. The lowest BCUT2D eigenvalue weighted by Gasteiger charge is -2.18. The van der Waals surface area contributed by atoms with E-state index in [0.29, 0.717) is 18.9 Å². The molecule has 0 saturated heterocycles. The van der Waals surface area contributed by atoms with Crippen molar-refractivity contribution in [3.05, 3.63) is 76.0 Å². The maximum Gasteiger partial charge on any atom is 0.287 e. The van der Waals surface area contributed by atoms with Crippen molar-refractivity contribution in [3.8, 4) is 11.3 Å². The van der Waals surface area contributed by atoms with E-state index in [0.717, 1.165) is 60.5 Å². The van der Waals surface area contributed by atoms with E-state index in [4.69, 9.17) is 14.1 Å². The summed E-state index contributed by atoms with van der Waals surface area (Å²) in [5.41, 5.74) is 2.17. The van der Waals surface area contributed by atoms with Crippen LogP contribution in [-0.2, 0) is 37.4 Å². The molecule has 0 saturated carbocycles. The van der Waals surface area contributed by atoms with Gasteiger partial charge in [0.2, 0.25) is 0 Å². The fourth-order valence-corrected chi connectivity index (χ4v) is 4.84. The molecule has 5 rings (SSSR count). The van der Waals surface area contributed by atoms with Crippen LogP contribution in [-0.4, -0.2) is 50.8 Å². The summed E-state index contributed by atoms with van der Waals surface area (Å²) in [6.45, 7) is 3.95. The molecule has 0 bridgehead atoms. The lowest BCUT2D eigenvalue weighted by molar-refractivity contribution is 0.0913. The van der Waals surface area contributed by atoms with E-state index in [2.05, 4.69) is 42.5 Å². The predicted octanol–water partition coefficient (Wildman–Crippen LogP) is 3.13. The van der Waals surface area contributed by atoms with Crippen molar-refractivity contribution in [2.45, 2.75) is 32.7 Å². The zero-order chi connectivity index (χ0) is 23.3. The van der Waals surface area contributed by atoms with Crippen molar-refractivity contribution < 1.29 is 13.9 Å². The molecule has 0 spiro atoms. The van der Waals surface area contributed by atoms with Crippen molar-refractivity contribution in [1.29, 1.82) is 0 Å². The third-order valence-electron chi connectivity index (χ3n) is 5.75. The average Bonchev–Trinajstić information content (AvgIpc) is 3.58. The highest BCUT2D eigenvalue weighted by Gasteiger charge is 2.20. The Kier molecular flexibility index (Phi) is 6.79. The van der Waals surface area contributed by atoms with Gasteiger partial charge in [0.1, 0.15) is 23.2 Å². The maximum atomic E-state index is 12.4. The van der Waals surface area contributed by atoms with E-state index in [-0.39, 0.29) is 11.7 Å². The van der Waals surface area contributed by atoms with E-state index in [9.17, 15) is 4.79 Å². The maximum absolute atomic E-state index is 12.4. The third-order valence-corrected chi connectivity index (χ3v) is 6.59. The number of hydrogen-bond acceptors (Lipinski definition) is 8. The number of benzene rings is 1. The van der Waals surface area contributed by atoms with Gasteiger partial charge in [-0.25, -0.2) is 4.98 Å². The minimum absolute atomic E-state index is 0.257. The van der Waals surface area contributed by atoms with Crippen molar-refractivity contribution in [2.75, 3.05) is 20.2 Å². The Hall–Kier alpha value is -3.34. The van der Waals surface area contributed by atoms with Gasteiger partial charge in [-0.1, -0.05) is 30.3 Å². The Bertz CT molecular complexity index is 1250. The second-order valence-corrected chi connectivity index (χ2v) is 9.03. The number of carbonyl (C=O) groups excluding carboxylic acids is 1. The number of carbonyl (C=O) groups is 1.